The molecule has 0 heterocycles. The summed E-state index contributed by atoms with van der Waals surface area (Å²) in [7, 11) is 1.54. The van der Waals surface area contributed by atoms with E-state index in [0.29, 0.717) is 6.54 Å². The second-order valence-corrected chi connectivity index (χ2v) is 4.89. The van der Waals surface area contributed by atoms with E-state index < -0.39 is 0 Å². The first kappa shape index (κ1) is 15.2. The minimum absolute atomic E-state index is 0.0373. The molecule has 1 atom stereocenters. The highest BCUT2D eigenvalue weighted by Gasteiger charge is 2.12. The van der Waals surface area contributed by atoms with Gasteiger partial charge in [0.15, 0.2) is 0 Å². The first-order valence-electron chi connectivity index (χ1n) is 6.93. The Labute approximate surface area is 125 Å². The molecular formula is C17H20N2O2. The van der Waals surface area contributed by atoms with Gasteiger partial charge in [0.2, 0.25) is 5.91 Å². The van der Waals surface area contributed by atoms with Crippen molar-refractivity contribution in [3.8, 4) is 11.1 Å². The molecule has 0 aliphatic rings. The van der Waals surface area contributed by atoms with Gasteiger partial charge >= 0.3 is 0 Å². The minimum Gasteiger partial charge on any atom is -0.326 e. The SMILES string of the molecule is CONC[C@H](C)C(=O)Nc1cccc(-c2ccccc2)c1. The molecule has 110 valence electrons. The monoisotopic (exact) mass is 284 g/mol. The number of hydrogen-bond acceptors (Lipinski definition) is 3. The maximum absolute atomic E-state index is 12.1. The maximum atomic E-state index is 12.1. The van der Waals surface area contributed by atoms with E-state index in [9.17, 15) is 4.79 Å². The molecule has 1 amide bonds. The second kappa shape index (κ2) is 7.57. The third-order valence-electron chi connectivity index (χ3n) is 3.22. The molecule has 0 radical (unpaired) electrons. The third kappa shape index (κ3) is 4.41. The van der Waals surface area contributed by atoms with Crippen molar-refractivity contribution < 1.29 is 9.63 Å². The number of benzene rings is 2. The minimum atomic E-state index is -0.176. The summed E-state index contributed by atoms with van der Waals surface area (Å²) in [5.74, 6) is -0.213. The molecule has 0 aliphatic heterocycles. The van der Waals surface area contributed by atoms with Gasteiger partial charge in [0.05, 0.1) is 13.0 Å². The number of nitrogens with one attached hydrogen (secondary N) is 2. The van der Waals surface area contributed by atoms with E-state index in [0.717, 1.165) is 16.8 Å². The van der Waals surface area contributed by atoms with Gasteiger partial charge in [-0.25, -0.2) is 5.48 Å². The summed E-state index contributed by atoms with van der Waals surface area (Å²) in [6, 6.07) is 17.9. The van der Waals surface area contributed by atoms with E-state index in [4.69, 9.17) is 4.84 Å². The molecular weight excluding hydrogens is 264 g/mol. The summed E-state index contributed by atoms with van der Waals surface area (Å²) in [6.45, 7) is 2.32. The van der Waals surface area contributed by atoms with Crippen LogP contribution in [-0.4, -0.2) is 19.6 Å². The fraction of sp³-hybridized carbons (Fsp3) is 0.235. The average molecular weight is 284 g/mol. The highest BCUT2D eigenvalue weighted by atomic mass is 16.6. The van der Waals surface area contributed by atoms with Crippen LogP contribution in [0.15, 0.2) is 54.6 Å². The fourth-order valence-corrected chi connectivity index (χ4v) is 1.97. The molecule has 2 rings (SSSR count). The van der Waals surface area contributed by atoms with E-state index in [1.807, 2.05) is 61.5 Å². The molecule has 0 saturated carbocycles. The van der Waals surface area contributed by atoms with Gasteiger partial charge in [-0.1, -0.05) is 49.4 Å². The summed E-state index contributed by atoms with van der Waals surface area (Å²) >= 11 is 0. The van der Waals surface area contributed by atoms with Crippen LogP contribution in [-0.2, 0) is 9.63 Å². The van der Waals surface area contributed by atoms with Crippen molar-refractivity contribution in [3.05, 3.63) is 54.6 Å². The molecule has 2 N–H and O–H groups in total. The van der Waals surface area contributed by atoms with Gasteiger partial charge < -0.3 is 10.2 Å². The van der Waals surface area contributed by atoms with E-state index in [-0.39, 0.29) is 11.8 Å². The topological polar surface area (TPSA) is 50.4 Å². The number of amides is 1. The number of carbonyl (C=O) groups excluding carboxylic acids is 1. The Bertz CT molecular complexity index is 584. The first-order chi connectivity index (χ1) is 10.2. The molecule has 0 aliphatic carbocycles. The van der Waals surface area contributed by atoms with E-state index >= 15 is 0 Å². The van der Waals surface area contributed by atoms with Crippen molar-refractivity contribution in [1.29, 1.82) is 0 Å². The Balaban J connectivity index is 2.06. The molecule has 0 saturated heterocycles. The smallest absolute Gasteiger partial charge is 0.228 e. The highest BCUT2D eigenvalue weighted by Crippen LogP contribution is 2.22. The van der Waals surface area contributed by atoms with E-state index in [2.05, 4.69) is 10.8 Å². The van der Waals surface area contributed by atoms with Crippen LogP contribution in [0.25, 0.3) is 11.1 Å². The lowest BCUT2D eigenvalue weighted by Gasteiger charge is -2.13. The molecule has 2 aromatic carbocycles. The van der Waals surface area contributed by atoms with Crippen LogP contribution in [0, 0.1) is 5.92 Å². The molecule has 0 spiro atoms. The van der Waals surface area contributed by atoms with Crippen molar-refractivity contribution in [1.82, 2.24) is 5.48 Å². The summed E-state index contributed by atoms with van der Waals surface area (Å²) in [6.07, 6.45) is 0. The zero-order chi connectivity index (χ0) is 15.1. The van der Waals surface area contributed by atoms with Gasteiger partial charge in [0.25, 0.3) is 0 Å². The Morgan fingerprint density at radius 2 is 1.81 bits per heavy atom. The number of rotatable bonds is 6. The molecule has 4 heteroatoms. The van der Waals surface area contributed by atoms with Crippen LogP contribution < -0.4 is 10.8 Å². The van der Waals surface area contributed by atoms with Gasteiger partial charge in [-0.15, -0.1) is 0 Å². The Morgan fingerprint density at radius 3 is 2.52 bits per heavy atom. The van der Waals surface area contributed by atoms with E-state index in [1.165, 1.54) is 7.11 Å². The molecule has 0 aromatic heterocycles. The van der Waals surface area contributed by atoms with Gasteiger partial charge in [-0.3, -0.25) is 4.79 Å². The zero-order valence-electron chi connectivity index (χ0n) is 12.3. The lowest BCUT2D eigenvalue weighted by Crippen LogP contribution is -2.29. The predicted octanol–water partition coefficient (Wildman–Crippen LogP) is 3.08. The predicted molar refractivity (Wildman–Crippen MR) is 84.7 cm³/mol. The molecule has 0 unspecified atom stereocenters. The number of carbonyl (C=O) groups is 1. The maximum Gasteiger partial charge on any atom is 0.228 e. The van der Waals surface area contributed by atoms with Gasteiger partial charge in [-0.2, -0.15) is 0 Å². The molecule has 2 aromatic rings. The number of hydroxylamine groups is 1. The zero-order valence-corrected chi connectivity index (χ0v) is 12.3. The quantitative estimate of drug-likeness (QED) is 0.801. The van der Waals surface area contributed by atoms with Crippen LogP contribution in [0.1, 0.15) is 6.92 Å². The van der Waals surface area contributed by atoms with Crippen LogP contribution in [0.2, 0.25) is 0 Å². The number of hydrogen-bond donors (Lipinski definition) is 2. The number of anilines is 1. The van der Waals surface area contributed by atoms with Crippen molar-refractivity contribution in [3.63, 3.8) is 0 Å². The molecule has 4 nitrogen and oxygen atoms in total. The average Bonchev–Trinajstić information content (AvgIpc) is 2.53. The lowest BCUT2D eigenvalue weighted by molar-refractivity contribution is -0.120. The van der Waals surface area contributed by atoms with Crippen LogP contribution >= 0.6 is 0 Å². The highest BCUT2D eigenvalue weighted by molar-refractivity contribution is 5.93. The van der Waals surface area contributed by atoms with Crippen molar-refractivity contribution >= 4 is 11.6 Å². The van der Waals surface area contributed by atoms with Crippen molar-refractivity contribution in [2.75, 3.05) is 19.0 Å². The molecule has 0 fully saturated rings. The fourth-order valence-electron chi connectivity index (χ4n) is 1.97. The first-order valence-corrected chi connectivity index (χ1v) is 6.93. The summed E-state index contributed by atoms with van der Waals surface area (Å²) in [5.41, 5.74) is 5.70. The van der Waals surface area contributed by atoms with Crippen molar-refractivity contribution in [2.24, 2.45) is 5.92 Å². The molecule has 0 bridgehead atoms. The summed E-state index contributed by atoms with van der Waals surface area (Å²) < 4.78 is 0. The van der Waals surface area contributed by atoms with Gasteiger partial charge in [0.1, 0.15) is 0 Å². The van der Waals surface area contributed by atoms with Crippen LogP contribution in [0.4, 0.5) is 5.69 Å². The summed E-state index contributed by atoms with van der Waals surface area (Å²) in [5, 5.41) is 2.93. The standard InChI is InChI=1S/C17H20N2O2/c1-13(12-18-21-2)17(20)19-16-10-6-9-15(11-16)14-7-4-3-5-8-14/h3-11,13,18H,12H2,1-2H3,(H,19,20)/t13-/m0/s1. The second-order valence-electron chi connectivity index (χ2n) is 4.89. The Kier molecular flexibility index (Phi) is 5.49. The molecule has 21 heavy (non-hydrogen) atoms. The third-order valence-corrected chi connectivity index (χ3v) is 3.22. The lowest BCUT2D eigenvalue weighted by atomic mass is 10.0. The summed E-state index contributed by atoms with van der Waals surface area (Å²) in [4.78, 5) is 16.8. The van der Waals surface area contributed by atoms with Gasteiger partial charge in [-0.05, 0) is 23.3 Å². The van der Waals surface area contributed by atoms with Crippen LogP contribution in [0.5, 0.6) is 0 Å². The van der Waals surface area contributed by atoms with E-state index in [1.54, 1.807) is 0 Å². The Morgan fingerprint density at radius 1 is 1.10 bits per heavy atom. The Hall–Kier alpha value is -2.17. The largest absolute Gasteiger partial charge is 0.326 e. The van der Waals surface area contributed by atoms with Crippen molar-refractivity contribution in [2.45, 2.75) is 6.92 Å². The normalized spacial score (nSPS) is 11.9. The van der Waals surface area contributed by atoms with Gasteiger partial charge in [0, 0.05) is 12.2 Å². The van der Waals surface area contributed by atoms with Crippen LogP contribution in [0.3, 0.4) is 0 Å².